The van der Waals surface area contributed by atoms with Gasteiger partial charge in [0, 0.05) is 21.5 Å². The Morgan fingerprint density at radius 3 is 2.00 bits per heavy atom. The Balaban J connectivity index is 2.30. The third kappa shape index (κ3) is 7.65. The predicted molar refractivity (Wildman–Crippen MR) is 114 cm³/mol. The lowest BCUT2D eigenvalue weighted by Gasteiger charge is -2.27. The van der Waals surface area contributed by atoms with Crippen molar-refractivity contribution in [2.75, 3.05) is 11.1 Å². The summed E-state index contributed by atoms with van der Waals surface area (Å²) in [5, 5.41) is 7.40. The Kier molecular flexibility index (Phi) is 8.94. The molecule has 38 heavy (non-hydrogen) atoms. The molecule has 0 aliphatic carbocycles. The molecule has 0 aliphatic rings. The number of anilines is 1. The fourth-order valence-corrected chi connectivity index (χ4v) is 5.31. The van der Waals surface area contributed by atoms with E-state index in [0.717, 1.165) is 24.3 Å². The van der Waals surface area contributed by atoms with Gasteiger partial charge in [0.15, 0.2) is 9.84 Å². The first-order valence-electron chi connectivity index (χ1n) is 9.24. The second-order valence-electron chi connectivity index (χ2n) is 6.96. The number of thioether (sulfide) groups is 2. The van der Waals surface area contributed by atoms with Crippen LogP contribution in [0.25, 0.3) is 0 Å². The number of hydrogen-bond acceptors (Lipinski definition) is 7. The molecule has 2 aromatic carbocycles. The molecule has 0 radical (unpaired) electrons. The van der Waals surface area contributed by atoms with Crippen LogP contribution in [-0.4, -0.2) is 47.9 Å². The molecule has 0 saturated carbocycles. The number of carbonyl (C=O) groups is 1. The van der Waals surface area contributed by atoms with Gasteiger partial charge in [-0.2, -0.15) is 43.9 Å². The molecule has 0 bridgehead atoms. The maximum absolute atomic E-state index is 13.6. The van der Waals surface area contributed by atoms with E-state index in [1.165, 1.54) is 0 Å². The van der Waals surface area contributed by atoms with Crippen LogP contribution < -0.4 is 5.32 Å². The van der Waals surface area contributed by atoms with Crippen molar-refractivity contribution in [2.24, 2.45) is 0 Å². The number of halogens is 10. The summed E-state index contributed by atoms with van der Waals surface area (Å²) in [5.74, 6) is -9.49. The Bertz CT molecular complexity index is 1330. The number of alkyl halides is 10. The summed E-state index contributed by atoms with van der Waals surface area (Å²) in [6.07, 6.45) is -6.68. The lowest BCUT2D eigenvalue weighted by Crippen LogP contribution is -2.49. The summed E-state index contributed by atoms with van der Waals surface area (Å²) in [7, 11) is -4.97. The number of hydrogen-bond donors (Lipinski definition) is 1. The van der Waals surface area contributed by atoms with E-state index in [0.29, 0.717) is 6.07 Å². The molecule has 7 nitrogen and oxygen atoms in total. The van der Waals surface area contributed by atoms with Gasteiger partial charge in [0.2, 0.25) is 5.91 Å². The zero-order valence-electron chi connectivity index (χ0n) is 17.7. The first kappa shape index (κ1) is 31.5. The van der Waals surface area contributed by atoms with Crippen LogP contribution in [0.5, 0.6) is 0 Å². The fourth-order valence-electron chi connectivity index (χ4n) is 2.56. The second-order valence-corrected chi connectivity index (χ2v) is 11.2. The molecule has 0 spiro atoms. The number of nitro benzene ring substituents is 1. The second kappa shape index (κ2) is 10.8. The van der Waals surface area contributed by atoms with Crippen molar-refractivity contribution in [3.63, 3.8) is 0 Å². The highest BCUT2D eigenvalue weighted by Gasteiger charge is 2.73. The number of nitro groups is 1. The third-order valence-electron chi connectivity index (χ3n) is 4.10. The summed E-state index contributed by atoms with van der Waals surface area (Å²) in [5.41, 5.74) is -6.48. The third-order valence-corrected chi connectivity index (χ3v) is 7.48. The van der Waals surface area contributed by atoms with Gasteiger partial charge in [0.1, 0.15) is 10.6 Å². The minimum Gasteiger partial charge on any atom is -0.325 e. The molecule has 0 atom stereocenters. The Morgan fingerprint density at radius 1 is 0.895 bits per heavy atom. The van der Waals surface area contributed by atoms with Gasteiger partial charge in [-0.1, -0.05) is 6.07 Å². The molecular weight excluding hydrogens is 610 g/mol. The van der Waals surface area contributed by atoms with Gasteiger partial charge in [-0.05, 0) is 53.9 Å². The number of benzene rings is 2. The monoisotopic (exact) mass is 620 g/mol. The lowest BCUT2D eigenvalue weighted by atomic mass is 10.3. The van der Waals surface area contributed by atoms with Gasteiger partial charge in [-0.15, -0.1) is 0 Å². The summed E-state index contributed by atoms with van der Waals surface area (Å²) >= 11 is -1.96. The number of amides is 1. The van der Waals surface area contributed by atoms with E-state index in [-0.39, 0.29) is 22.7 Å². The summed E-state index contributed by atoms with van der Waals surface area (Å²) in [4.78, 5) is 19.1. The number of rotatable bonds is 9. The van der Waals surface area contributed by atoms with E-state index in [1.54, 1.807) is 0 Å². The molecule has 20 heteroatoms. The normalized spacial score (nSPS) is 13.3. The zero-order chi connectivity index (χ0) is 29.3. The van der Waals surface area contributed by atoms with Crippen molar-refractivity contribution in [2.45, 2.75) is 37.5 Å². The molecule has 0 fully saturated rings. The van der Waals surface area contributed by atoms with E-state index in [2.05, 4.69) is 0 Å². The number of carbonyl (C=O) groups excluding carboxylic acids is 1. The molecule has 0 aliphatic heterocycles. The maximum atomic E-state index is 13.6. The van der Waals surface area contributed by atoms with Crippen LogP contribution in [0.4, 0.5) is 55.3 Å². The van der Waals surface area contributed by atoms with Crippen molar-refractivity contribution in [3.8, 4) is 0 Å². The summed E-state index contributed by atoms with van der Waals surface area (Å²) in [6.45, 7) is 0. The van der Waals surface area contributed by atoms with Gasteiger partial charge in [0.25, 0.3) is 5.69 Å². The molecule has 1 N–H and O–H groups in total. The number of sulfone groups is 1. The zero-order valence-corrected chi connectivity index (χ0v) is 20.2. The van der Waals surface area contributed by atoms with Gasteiger partial charge in [0.05, 0.1) is 4.92 Å². The average Bonchev–Trinajstić information content (AvgIpc) is 2.70. The topological polar surface area (TPSA) is 106 Å². The number of nitrogens with zero attached hydrogens (tertiary/aromatic N) is 1. The molecule has 0 heterocycles. The van der Waals surface area contributed by atoms with E-state index >= 15 is 0 Å². The van der Waals surface area contributed by atoms with Crippen molar-refractivity contribution in [1.29, 1.82) is 0 Å². The highest BCUT2D eigenvalue weighted by atomic mass is 32.2. The first-order chi connectivity index (χ1) is 17.1. The minimum absolute atomic E-state index is 0.00759. The first-order valence-corrected chi connectivity index (χ1v) is 12.5. The summed E-state index contributed by atoms with van der Waals surface area (Å²) in [6, 6.07) is 4.61. The van der Waals surface area contributed by atoms with E-state index in [4.69, 9.17) is 0 Å². The Morgan fingerprint density at radius 2 is 1.47 bits per heavy atom. The fraction of sp³-hybridized carbons (Fsp3) is 0.278. The largest absolute Gasteiger partial charge is 0.460 e. The average molecular weight is 620 g/mol. The van der Waals surface area contributed by atoms with Crippen LogP contribution in [-0.2, 0) is 14.6 Å². The summed E-state index contributed by atoms with van der Waals surface area (Å²) < 4.78 is 153. The number of nitrogens with one attached hydrogen (secondary N) is 1. The SMILES string of the molecule is O=C(CS(=O)(=O)c1ccc(SC(F)(F)C(F)(F)C(F)(F)F)cc1[N+](=O)[O-])Nc1cccc(SC(F)(F)F)c1. The van der Waals surface area contributed by atoms with Crippen LogP contribution >= 0.6 is 23.5 Å². The van der Waals surface area contributed by atoms with Crippen LogP contribution in [0.2, 0.25) is 0 Å². The molecule has 0 aromatic heterocycles. The molecular formula is C18H10F10N2O5S3. The lowest BCUT2D eigenvalue weighted by molar-refractivity contribution is -0.388. The van der Waals surface area contributed by atoms with Gasteiger partial charge in [-0.3, -0.25) is 14.9 Å². The van der Waals surface area contributed by atoms with Crippen molar-refractivity contribution in [1.82, 2.24) is 0 Å². The Hall–Kier alpha value is -2.74. The minimum atomic E-state index is -6.68. The molecule has 2 rings (SSSR count). The Labute approximate surface area is 214 Å². The molecule has 0 saturated heterocycles. The highest BCUT2D eigenvalue weighted by molar-refractivity contribution is 8.00. The van der Waals surface area contributed by atoms with E-state index < -0.39 is 88.3 Å². The smallest absolute Gasteiger partial charge is 0.325 e. The van der Waals surface area contributed by atoms with Crippen molar-refractivity contribution < 1.29 is 62.0 Å². The molecule has 1 amide bonds. The van der Waals surface area contributed by atoms with E-state index in [9.17, 15) is 67.2 Å². The molecule has 0 unspecified atom stereocenters. The molecule has 2 aromatic rings. The maximum Gasteiger partial charge on any atom is 0.460 e. The van der Waals surface area contributed by atoms with Crippen LogP contribution in [0.3, 0.4) is 0 Å². The van der Waals surface area contributed by atoms with Crippen molar-refractivity contribution >= 4 is 50.6 Å². The van der Waals surface area contributed by atoms with Gasteiger partial charge < -0.3 is 5.32 Å². The van der Waals surface area contributed by atoms with Crippen LogP contribution in [0.15, 0.2) is 57.2 Å². The van der Waals surface area contributed by atoms with Gasteiger partial charge in [-0.25, -0.2) is 8.42 Å². The quantitative estimate of drug-likeness (QED) is 0.148. The predicted octanol–water partition coefficient (Wildman–Crippen LogP) is 6.50. The van der Waals surface area contributed by atoms with Crippen LogP contribution in [0, 0.1) is 10.1 Å². The van der Waals surface area contributed by atoms with E-state index in [1.807, 2.05) is 5.32 Å². The van der Waals surface area contributed by atoms with Gasteiger partial charge >= 0.3 is 22.9 Å². The highest BCUT2D eigenvalue weighted by Crippen LogP contribution is 2.54. The van der Waals surface area contributed by atoms with Crippen LogP contribution in [0.1, 0.15) is 0 Å². The van der Waals surface area contributed by atoms with Crippen molar-refractivity contribution in [3.05, 3.63) is 52.6 Å². The molecule has 210 valence electrons. The standard InChI is InChI=1S/C18H10F10N2O5S3/c19-15(20,16(21,22)23)17(24,25)36-11-4-5-13(12(7-11)30(32)33)38(34,35)8-14(31)29-9-2-1-3-10(6-9)37-18(26,27)28/h1-7H,8H2,(H,29,31).